The Hall–Kier alpha value is 0.340. The van der Waals surface area contributed by atoms with Gasteiger partial charge in [0.2, 0.25) is 0 Å². The maximum Gasteiger partial charge on any atom is 0.264 e. The van der Waals surface area contributed by atoms with Gasteiger partial charge in [-0.2, -0.15) is 8.42 Å². The summed E-state index contributed by atoms with van der Waals surface area (Å²) >= 11 is 0. The fourth-order valence-corrected chi connectivity index (χ4v) is 5.16. The number of unbranched alkanes of at least 4 members (excludes halogenated alkanes) is 3. The van der Waals surface area contributed by atoms with E-state index in [9.17, 15) is 8.42 Å². The molecule has 0 heterocycles. The molecule has 0 unspecified atom stereocenters. The van der Waals surface area contributed by atoms with E-state index in [1.165, 1.54) is 44.2 Å². The molecule has 17 heavy (non-hydrogen) atoms. The third kappa shape index (κ3) is 12.6. The van der Waals surface area contributed by atoms with E-state index in [4.69, 9.17) is 4.55 Å². The lowest BCUT2D eigenvalue weighted by Gasteiger charge is -2.16. The highest BCUT2D eigenvalue weighted by Gasteiger charge is 2.08. The van der Waals surface area contributed by atoms with Crippen molar-refractivity contribution in [2.24, 2.45) is 0 Å². The minimum Gasteiger partial charge on any atom is -0.286 e. The smallest absolute Gasteiger partial charge is 0.264 e. The zero-order valence-corrected chi connectivity index (χ0v) is 12.9. The van der Waals surface area contributed by atoms with E-state index in [1.807, 2.05) is 0 Å². The van der Waals surface area contributed by atoms with Gasteiger partial charge in [-0.05, 0) is 44.2 Å². The maximum absolute atomic E-state index is 10.6. The Kier molecular flexibility index (Phi) is 10.5. The first-order valence-electron chi connectivity index (χ1n) is 6.67. The zero-order chi connectivity index (χ0) is 13.1. The van der Waals surface area contributed by atoms with Gasteiger partial charge in [-0.25, -0.2) is 0 Å². The second kappa shape index (κ2) is 10.3. The van der Waals surface area contributed by atoms with E-state index >= 15 is 0 Å². The van der Waals surface area contributed by atoms with Gasteiger partial charge in [-0.15, -0.1) is 7.92 Å². The van der Waals surface area contributed by atoms with Crippen LogP contribution in [0.3, 0.4) is 0 Å². The quantitative estimate of drug-likeness (QED) is 0.357. The molecule has 0 amide bonds. The molecule has 0 aliphatic heterocycles. The monoisotopic (exact) mass is 282 g/mol. The lowest BCUT2D eigenvalue weighted by Crippen LogP contribution is -2.05. The molecule has 0 saturated carbocycles. The van der Waals surface area contributed by atoms with E-state index in [0.29, 0.717) is 6.42 Å². The Balaban J connectivity index is 3.74. The predicted octanol–water partition coefficient (Wildman–Crippen LogP) is 3.74. The molecule has 0 aliphatic rings. The van der Waals surface area contributed by atoms with E-state index in [-0.39, 0.29) is 13.7 Å². The van der Waals surface area contributed by atoms with Crippen LogP contribution in [0, 0.1) is 0 Å². The number of hydrogen-bond acceptors (Lipinski definition) is 2. The van der Waals surface area contributed by atoms with Crippen LogP contribution in [-0.4, -0.2) is 37.2 Å². The van der Waals surface area contributed by atoms with Gasteiger partial charge in [0, 0.05) is 0 Å². The molecule has 1 N–H and O–H groups in total. The highest BCUT2D eigenvalue weighted by atomic mass is 32.2. The molecule has 0 fully saturated rings. The van der Waals surface area contributed by atoms with Gasteiger partial charge >= 0.3 is 0 Å². The molecule has 0 atom stereocenters. The standard InChI is InChI=1S/C12H27O3PS/c1-3-5-9-16(10-6-4-2)11-7-8-12-17(13,14)15/h3-12H2,1-2H3,(H,13,14,15). The normalized spacial score (nSPS) is 12.2. The van der Waals surface area contributed by atoms with Crippen LogP contribution < -0.4 is 0 Å². The Morgan fingerprint density at radius 3 is 1.76 bits per heavy atom. The molecule has 0 radical (unpaired) electrons. The van der Waals surface area contributed by atoms with Gasteiger partial charge in [-0.3, -0.25) is 4.55 Å². The second-order valence-electron chi connectivity index (χ2n) is 4.54. The van der Waals surface area contributed by atoms with E-state index < -0.39 is 10.1 Å². The van der Waals surface area contributed by atoms with Gasteiger partial charge < -0.3 is 0 Å². The lowest BCUT2D eigenvalue weighted by molar-refractivity contribution is 0.481. The van der Waals surface area contributed by atoms with Crippen LogP contribution in [0.25, 0.3) is 0 Å². The molecule has 0 spiro atoms. The van der Waals surface area contributed by atoms with Crippen molar-refractivity contribution >= 4 is 18.0 Å². The topological polar surface area (TPSA) is 54.4 Å². The van der Waals surface area contributed by atoms with E-state index in [2.05, 4.69) is 13.8 Å². The molecule has 0 bridgehead atoms. The van der Waals surface area contributed by atoms with Gasteiger partial charge in [0.1, 0.15) is 0 Å². The first-order valence-corrected chi connectivity index (χ1v) is 10.2. The molecule has 0 aliphatic carbocycles. The SMILES string of the molecule is CCCCP(CCCC)CCCCS(=O)(=O)O. The van der Waals surface area contributed by atoms with Gasteiger partial charge in [0.15, 0.2) is 0 Å². The Morgan fingerprint density at radius 2 is 1.35 bits per heavy atom. The Labute approximate surface area is 108 Å². The fourth-order valence-electron chi connectivity index (χ4n) is 1.72. The van der Waals surface area contributed by atoms with Crippen molar-refractivity contribution in [3.05, 3.63) is 0 Å². The average Bonchev–Trinajstić information content (AvgIpc) is 2.25. The van der Waals surface area contributed by atoms with Crippen molar-refractivity contribution in [1.29, 1.82) is 0 Å². The van der Waals surface area contributed by atoms with Crippen LogP contribution in [0.4, 0.5) is 0 Å². The molecule has 5 heteroatoms. The van der Waals surface area contributed by atoms with Crippen molar-refractivity contribution in [1.82, 2.24) is 0 Å². The molecular formula is C12H27O3PS. The summed E-state index contributed by atoms with van der Waals surface area (Å²) < 4.78 is 29.8. The number of hydrogen-bond donors (Lipinski definition) is 1. The molecular weight excluding hydrogens is 255 g/mol. The number of rotatable bonds is 11. The van der Waals surface area contributed by atoms with Crippen molar-refractivity contribution in [3.8, 4) is 0 Å². The summed E-state index contributed by atoms with van der Waals surface area (Å²) in [5.74, 6) is -0.0717. The van der Waals surface area contributed by atoms with Crippen LogP contribution in [0.5, 0.6) is 0 Å². The summed E-state index contributed by atoms with van der Waals surface area (Å²) in [4.78, 5) is 0. The Morgan fingerprint density at radius 1 is 0.882 bits per heavy atom. The predicted molar refractivity (Wildman–Crippen MR) is 77.0 cm³/mol. The van der Waals surface area contributed by atoms with Crippen molar-refractivity contribution in [2.45, 2.75) is 52.4 Å². The van der Waals surface area contributed by atoms with Gasteiger partial charge in [0.05, 0.1) is 5.75 Å². The van der Waals surface area contributed by atoms with Crippen LogP contribution >= 0.6 is 7.92 Å². The third-order valence-corrected chi connectivity index (χ3v) is 6.43. The molecule has 0 aromatic heterocycles. The second-order valence-corrected chi connectivity index (χ2v) is 8.80. The summed E-state index contributed by atoms with van der Waals surface area (Å²) in [5, 5.41) is 0. The summed E-state index contributed by atoms with van der Waals surface area (Å²) in [6.07, 6.45) is 10.5. The highest BCUT2D eigenvalue weighted by Crippen LogP contribution is 2.38. The van der Waals surface area contributed by atoms with Crippen molar-refractivity contribution in [2.75, 3.05) is 24.2 Å². The largest absolute Gasteiger partial charge is 0.286 e. The molecule has 0 rings (SSSR count). The minimum absolute atomic E-state index is 0.0717. The average molecular weight is 282 g/mol. The first-order chi connectivity index (χ1) is 7.99. The maximum atomic E-state index is 10.6. The minimum atomic E-state index is -3.75. The zero-order valence-electron chi connectivity index (χ0n) is 11.2. The molecule has 0 aromatic rings. The van der Waals surface area contributed by atoms with Crippen LogP contribution in [-0.2, 0) is 10.1 Å². The van der Waals surface area contributed by atoms with Crippen molar-refractivity contribution < 1.29 is 13.0 Å². The lowest BCUT2D eigenvalue weighted by atomic mass is 10.4. The molecule has 0 saturated heterocycles. The fraction of sp³-hybridized carbons (Fsp3) is 1.00. The van der Waals surface area contributed by atoms with Crippen LogP contribution in [0.1, 0.15) is 52.4 Å². The van der Waals surface area contributed by atoms with Gasteiger partial charge in [-0.1, -0.05) is 26.7 Å². The summed E-state index contributed by atoms with van der Waals surface area (Å²) in [7, 11) is -3.65. The first kappa shape index (κ1) is 17.3. The van der Waals surface area contributed by atoms with E-state index in [1.54, 1.807) is 0 Å². The summed E-state index contributed by atoms with van der Waals surface area (Å²) in [5.41, 5.74) is 0. The van der Waals surface area contributed by atoms with Gasteiger partial charge in [0.25, 0.3) is 10.1 Å². The third-order valence-electron chi connectivity index (χ3n) is 2.78. The summed E-state index contributed by atoms with van der Waals surface area (Å²) in [6, 6.07) is 0. The van der Waals surface area contributed by atoms with Crippen LogP contribution in [0.2, 0.25) is 0 Å². The van der Waals surface area contributed by atoms with Crippen LogP contribution in [0.15, 0.2) is 0 Å². The Bertz CT molecular complexity index is 257. The molecule has 0 aromatic carbocycles. The highest BCUT2D eigenvalue weighted by molar-refractivity contribution is 7.85. The van der Waals surface area contributed by atoms with E-state index in [0.717, 1.165) is 6.42 Å². The molecule has 104 valence electrons. The summed E-state index contributed by atoms with van der Waals surface area (Å²) in [6.45, 7) is 4.43. The van der Waals surface area contributed by atoms with Crippen molar-refractivity contribution in [3.63, 3.8) is 0 Å². The molecule has 3 nitrogen and oxygen atoms in total.